The fourth-order valence-electron chi connectivity index (χ4n) is 3.14. The average Bonchev–Trinajstić information content (AvgIpc) is 3.47. The molecule has 8 nitrogen and oxygen atoms in total. The fraction of sp³-hybridized carbons (Fsp3) is 0.136. The van der Waals surface area contributed by atoms with Crippen molar-refractivity contribution in [1.29, 1.82) is 0 Å². The molecule has 31 heavy (non-hydrogen) atoms. The van der Waals surface area contributed by atoms with E-state index in [1.54, 1.807) is 18.2 Å². The molecule has 1 saturated heterocycles. The highest BCUT2D eigenvalue weighted by atomic mass is 35.5. The van der Waals surface area contributed by atoms with Gasteiger partial charge in [-0.25, -0.2) is 9.59 Å². The molecule has 0 radical (unpaired) electrons. The van der Waals surface area contributed by atoms with E-state index >= 15 is 0 Å². The number of carbonyl (C=O) groups is 3. The van der Waals surface area contributed by atoms with Crippen molar-refractivity contribution >= 4 is 35.6 Å². The van der Waals surface area contributed by atoms with Crippen LogP contribution in [0.25, 0.3) is 17.4 Å². The lowest BCUT2D eigenvalue weighted by Crippen LogP contribution is -2.30. The van der Waals surface area contributed by atoms with Gasteiger partial charge in [0.2, 0.25) is 5.76 Å². The van der Waals surface area contributed by atoms with Crippen molar-refractivity contribution in [3.8, 4) is 11.3 Å². The lowest BCUT2D eigenvalue weighted by molar-refractivity contribution is -0.123. The van der Waals surface area contributed by atoms with E-state index in [1.807, 2.05) is 19.1 Å². The molecule has 158 valence electrons. The number of furan rings is 2. The lowest BCUT2D eigenvalue weighted by atomic mass is 10.1. The molecular weight excluding hydrogens is 424 g/mol. The van der Waals surface area contributed by atoms with E-state index in [9.17, 15) is 14.4 Å². The van der Waals surface area contributed by atoms with Gasteiger partial charge in [-0.05, 0) is 42.8 Å². The summed E-state index contributed by atoms with van der Waals surface area (Å²) in [5.74, 6) is 0.0457. The summed E-state index contributed by atoms with van der Waals surface area (Å²) in [6, 6.07) is 11.3. The van der Waals surface area contributed by atoms with Crippen molar-refractivity contribution < 1.29 is 28.0 Å². The number of esters is 1. The molecule has 2 aromatic heterocycles. The van der Waals surface area contributed by atoms with E-state index < -0.39 is 17.9 Å². The molecule has 1 N–H and O–H groups in total. The number of hydrogen-bond acceptors (Lipinski definition) is 6. The van der Waals surface area contributed by atoms with Gasteiger partial charge < -0.3 is 18.9 Å². The molecule has 1 aliphatic heterocycles. The highest BCUT2D eigenvalue weighted by Gasteiger charge is 2.34. The Morgan fingerprint density at radius 2 is 1.97 bits per heavy atom. The molecular formula is C22H17ClN2O6. The Kier molecular flexibility index (Phi) is 5.39. The van der Waals surface area contributed by atoms with Crippen LogP contribution in [0.2, 0.25) is 5.02 Å². The Bertz CT molecular complexity index is 1220. The average molecular weight is 441 g/mol. The number of amides is 3. The summed E-state index contributed by atoms with van der Waals surface area (Å²) in [7, 11) is 1.23. The number of halogens is 1. The van der Waals surface area contributed by atoms with Crippen LogP contribution in [-0.4, -0.2) is 29.9 Å². The van der Waals surface area contributed by atoms with Gasteiger partial charge in [-0.15, -0.1) is 0 Å². The summed E-state index contributed by atoms with van der Waals surface area (Å²) in [6.07, 6.45) is 1.45. The quantitative estimate of drug-likeness (QED) is 0.359. The number of nitrogens with zero attached hydrogens (tertiary/aromatic N) is 1. The second-order valence-corrected chi connectivity index (χ2v) is 7.16. The Hall–Kier alpha value is -3.78. The third-order valence-corrected chi connectivity index (χ3v) is 5.18. The first-order chi connectivity index (χ1) is 14.9. The Morgan fingerprint density at radius 3 is 2.74 bits per heavy atom. The SMILES string of the molecule is COC(=O)c1ccc(CN2C(=O)NC(=Cc3ccc(-c4cccc(Cl)c4C)o3)C2=O)o1. The van der Waals surface area contributed by atoms with E-state index in [0.717, 1.165) is 16.0 Å². The third-order valence-electron chi connectivity index (χ3n) is 4.77. The first-order valence-corrected chi connectivity index (χ1v) is 9.62. The summed E-state index contributed by atoms with van der Waals surface area (Å²) < 4.78 is 15.7. The van der Waals surface area contributed by atoms with E-state index in [-0.39, 0.29) is 23.8 Å². The highest BCUT2D eigenvalue weighted by Crippen LogP contribution is 2.30. The molecule has 1 aromatic carbocycles. The first-order valence-electron chi connectivity index (χ1n) is 9.24. The Balaban J connectivity index is 1.52. The predicted octanol–water partition coefficient (Wildman–Crippen LogP) is 4.38. The van der Waals surface area contributed by atoms with Crippen molar-refractivity contribution in [3.63, 3.8) is 0 Å². The number of hydrogen-bond donors (Lipinski definition) is 1. The van der Waals surface area contributed by atoms with Crippen molar-refractivity contribution in [3.05, 3.63) is 76.0 Å². The van der Waals surface area contributed by atoms with Crippen LogP contribution in [0.1, 0.15) is 27.6 Å². The molecule has 3 heterocycles. The third kappa shape index (κ3) is 3.97. The summed E-state index contributed by atoms with van der Waals surface area (Å²) in [5.41, 5.74) is 1.77. The normalized spacial score (nSPS) is 14.9. The van der Waals surface area contributed by atoms with Crippen molar-refractivity contribution in [1.82, 2.24) is 10.2 Å². The fourth-order valence-corrected chi connectivity index (χ4v) is 3.31. The van der Waals surface area contributed by atoms with Gasteiger partial charge in [0.1, 0.15) is 23.0 Å². The van der Waals surface area contributed by atoms with Crippen LogP contribution in [0.4, 0.5) is 4.79 Å². The van der Waals surface area contributed by atoms with E-state index in [0.29, 0.717) is 16.5 Å². The number of benzene rings is 1. The maximum atomic E-state index is 12.7. The molecule has 9 heteroatoms. The molecule has 0 bridgehead atoms. The minimum absolute atomic E-state index is 0.0141. The van der Waals surface area contributed by atoms with Crippen LogP contribution in [0.15, 0.2) is 57.0 Å². The largest absolute Gasteiger partial charge is 0.463 e. The van der Waals surface area contributed by atoms with Gasteiger partial charge >= 0.3 is 12.0 Å². The van der Waals surface area contributed by atoms with E-state index in [1.165, 1.54) is 25.3 Å². The summed E-state index contributed by atoms with van der Waals surface area (Å²) in [6.45, 7) is 1.75. The smallest absolute Gasteiger partial charge is 0.373 e. The molecule has 0 saturated carbocycles. The summed E-state index contributed by atoms with van der Waals surface area (Å²) >= 11 is 6.17. The number of imide groups is 1. The standard InChI is InChI=1S/C22H17ClN2O6/c1-12-15(4-3-5-16(12)23)18-8-6-13(30-18)10-17-20(26)25(22(28)24-17)11-14-7-9-19(31-14)21(27)29-2/h3-10H,11H2,1-2H3,(H,24,28). The molecule has 3 aromatic rings. The molecule has 0 atom stereocenters. The van der Waals surface area contributed by atoms with Gasteiger partial charge in [0.05, 0.1) is 13.7 Å². The van der Waals surface area contributed by atoms with Gasteiger partial charge in [0.25, 0.3) is 5.91 Å². The predicted molar refractivity (Wildman–Crippen MR) is 111 cm³/mol. The topological polar surface area (TPSA) is 102 Å². The molecule has 1 aliphatic rings. The van der Waals surface area contributed by atoms with Crippen LogP contribution in [-0.2, 0) is 16.1 Å². The number of urea groups is 1. The number of carbonyl (C=O) groups excluding carboxylic acids is 3. The van der Waals surface area contributed by atoms with Crippen molar-refractivity contribution in [2.45, 2.75) is 13.5 Å². The van der Waals surface area contributed by atoms with Crippen LogP contribution in [0, 0.1) is 6.92 Å². The van der Waals surface area contributed by atoms with Gasteiger partial charge in [-0.2, -0.15) is 0 Å². The van der Waals surface area contributed by atoms with E-state index in [4.69, 9.17) is 20.4 Å². The number of ether oxygens (including phenoxy) is 1. The highest BCUT2D eigenvalue weighted by molar-refractivity contribution is 6.31. The van der Waals surface area contributed by atoms with Crippen molar-refractivity contribution in [2.24, 2.45) is 0 Å². The van der Waals surface area contributed by atoms with Crippen LogP contribution < -0.4 is 5.32 Å². The van der Waals surface area contributed by atoms with Crippen molar-refractivity contribution in [2.75, 3.05) is 7.11 Å². The zero-order valence-electron chi connectivity index (χ0n) is 16.6. The molecule has 3 amide bonds. The maximum absolute atomic E-state index is 12.7. The zero-order valence-corrected chi connectivity index (χ0v) is 17.4. The second-order valence-electron chi connectivity index (χ2n) is 6.75. The first kappa shape index (κ1) is 20.5. The molecule has 0 spiro atoms. The molecule has 4 rings (SSSR count). The Labute approximate surface area is 182 Å². The van der Waals surface area contributed by atoms with Gasteiger partial charge in [0, 0.05) is 16.7 Å². The zero-order chi connectivity index (χ0) is 22.1. The van der Waals surface area contributed by atoms with Gasteiger partial charge in [0.15, 0.2) is 0 Å². The lowest BCUT2D eigenvalue weighted by Gasteiger charge is -2.09. The summed E-state index contributed by atoms with van der Waals surface area (Å²) in [4.78, 5) is 37.4. The monoisotopic (exact) mass is 440 g/mol. The summed E-state index contributed by atoms with van der Waals surface area (Å²) in [5, 5.41) is 3.14. The van der Waals surface area contributed by atoms with Crippen LogP contribution >= 0.6 is 11.6 Å². The van der Waals surface area contributed by atoms with Crippen LogP contribution in [0.3, 0.4) is 0 Å². The molecule has 1 fully saturated rings. The maximum Gasteiger partial charge on any atom is 0.373 e. The minimum atomic E-state index is -0.646. The van der Waals surface area contributed by atoms with Gasteiger partial charge in [-0.1, -0.05) is 23.7 Å². The van der Waals surface area contributed by atoms with Crippen LogP contribution in [0.5, 0.6) is 0 Å². The van der Waals surface area contributed by atoms with Gasteiger partial charge in [-0.3, -0.25) is 9.69 Å². The van der Waals surface area contributed by atoms with E-state index in [2.05, 4.69) is 10.1 Å². The number of rotatable bonds is 5. The molecule has 0 aliphatic carbocycles. The minimum Gasteiger partial charge on any atom is -0.463 e. The number of nitrogens with one attached hydrogen (secondary N) is 1. The second kappa shape index (κ2) is 8.16. The Morgan fingerprint density at radius 1 is 1.16 bits per heavy atom. The number of methoxy groups -OCH3 is 1. The molecule has 0 unspecified atom stereocenters.